The molecule has 1 unspecified atom stereocenters. The van der Waals surface area contributed by atoms with Crippen LogP contribution in [-0.4, -0.2) is 27.9 Å². The van der Waals surface area contributed by atoms with Gasteiger partial charge in [-0.3, -0.25) is 4.68 Å². The van der Waals surface area contributed by atoms with Crippen molar-refractivity contribution in [1.29, 1.82) is 0 Å². The van der Waals surface area contributed by atoms with Crippen molar-refractivity contribution in [3.63, 3.8) is 0 Å². The summed E-state index contributed by atoms with van der Waals surface area (Å²) < 4.78 is 1.96. The van der Waals surface area contributed by atoms with E-state index >= 15 is 0 Å². The van der Waals surface area contributed by atoms with Crippen LogP contribution >= 0.6 is 0 Å². The number of hydrogen-bond acceptors (Lipinski definition) is 3. The van der Waals surface area contributed by atoms with Crippen LogP contribution in [0.3, 0.4) is 0 Å². The van der Waals surface area contributed by atoms with E-state index in [9.17, 15) is 0 Å². The molecule has 3 rings (SSSR count). The Morgan fingerprint density at radius 3 is 2.94 bits per heavy atom. The maximum absolute atomic E-state index is 4.52. The van der Waals surface area contributed by atoms with Crippen molar-refractivity contribution in [2.24, 2.45) is 5.92 Å². The van der Waals surface area contributed by atoms with Crippen molar-refractivity contribution >= 4 is 0 Å². The van der Waals surface area contributed by atoms with Crippen molar-refractivity contribution < 1.29 is 0 Å². The Morgan fingerprint density at radius 2 is 2.18 bits per heavy atom. The lowest BCUT2D eigenvalue weighted by Gasteiger charge is -2.06. The van der Waals surface area contributed by atoms with Gasteiger partial charge >= 0.3 is 0 Å². The largest absolute Gasteiger partial charge is 0.316 e. The first-order chi connectivity index (χ1) is 8.42. The highest BCUT2D eigenvalue weighted by Gasteiger charge is 2.15. The minimum absolute atomic E-state index is 0.695. The Bertz CT molecular complexity index is 471. The molecular weight excluding hydrogens is 212 g/mol. The standard InChI is InChI=1S/C13H16N4/c1-2-4-12(5-3-1)13-15-10-17(16-13)9-11-6-7-14-8-11/h1-5,10-11,14H,6-9H2. The molecule has 17 heavy (non-hydrogen) atoms. The molecule has 1 N–H and O–H groups in total. The molecule has 1 saturated heterocycles. The van der Waals surface area contributed by atoms with Crippen LogP contribution in [-0.2, 0) is 6.54 Å². The van der Waals surface area contributed by atoms with Gasteiger partial charge in [0.1, 0.15) is 6.33 Å². The molecule has 88 valence electrons. The summed E-state index contributed by atoms with van der Waals surface area (Å²) in [6, 6.07) is 10.1. The van der Waals surface area contributed by atoms with Gasteiger partial charge in [0, 0.05) is 12.1 Å². The molecule has 0 amide bonds. The fourth-order valence-electron chi connectivity index (χ4n) is 2.24. The van der Waals surface area contributed by atoms with Gasteiger partial charge in [-0.1, -0.05) is 30.3 Å². The van der Waals surface area contributed by atoms with E-state index in [2.05, 4.69) is 15.4 Å². The SMILES string of the molecule is c1ccc(-c2ncn(CC3CCNC3)n2)cc1. The predicted molar refractivity (Wildman–Crippen MR) is 66.4 cm³/mol. The van der Waals surface area contributed by atoms with Gasteiger partial charge in [0.2, 0.25) is 0 Å². The Hall–Kier alpha value is -1.68. The summed E-state index contributed by atoms with van der Waals surface area (Å²) in [6.45, 7) is 3.19. The van der Waals surface area contributed by atoms with Gasteiger partial charge in [0.15, 0.2) is 5.82 Å². The van der Waals surface area contributed by atoms with Crippen molar-refractivity contribution in [2.45, 2.75) is 13.0 Å². The Kier molecular flexibility index (Phi) is 2.88. The molecular formula is C13H16N4. The van der Waals surface area contributed by atoms with Crippen LogP contribution < -0.4 is 5.32 Å². The zero-order chi connectivity index (χ0) is 11.5. The number of benzene rings is 1. The second-order valence-corrected chi connectivity index (χ2v) is 4.52. The maximum atomic E-state index is 4.52. The van der Waals surface area contributed by atoms with E-state index in [-0.39, 0.29) is 0 Å². The first kappa shape index (κ1) is 10.5. The monoisotopic (exact) mass is 228 g/mol. The number of hydrogen-bond donors (Lipinski definition) is 1. The molecule has 1 fully saturated rings. The smallest absolute Gasteiger partial charge is 0.181 e. The molecule has 1 atom stereocenters. The van der Waals surface area contributed by atoms with Gasteiger partial charge in [-0.05, 0) is 25.4 Å². The highest BCUT2D eigenvalue weighted by molar-refractivity contribution is 5.53. The summed E-state index contributed by atoms with van der Waals surface area (Å²) >= 11 is 0. The Balaban J connectivity index is 1.74. The number of rotatable bonds is 3. The lowest BCUT2D eigenvalue weighted by atomic mass is 10.1. The van der Waals surface area contributed by atoms with E-state index in [4.69, 9.17) is 0 Å². The van der Waals surface area contributed by atoms with E-state index in [1.54, 1.807) is 0 Å². The predicted octanol–water partition coefficient (Wildman–Crippen LogP) is 1.55. The van der Waals surface area contributed by atoms with Gasteiger partial charge in [0.25, 0.3) is 0 Å². The van der Waals surface area contributed by atoms with Gasteiger partial charge in [-0.25, -0.2) is 4.98 Å². The minimum Gasteiger partial charge on any atom is -0.316 e. The lowest BCUT2D eigenvalue weighted by molar-refractivity contribution is 0.449. The second kappa shape index (κ2) is 4.67. The number of nitrogens with zero attached hydrogens (tertiary/aromatic N) is 3. The number of aromatic nitrogens is 3. The molecule has 1 aromatic carbocycles. The summed E-state index contributed by atoms with van der Waals surface area (Å²) in [6.07, 6.45) is 3.07. The molecule has 0 radical (unpaired) electrons. The van der Waals surface area contributed by atoms with Gasteiger partial charge in [0.05, 0.1) is 0 Å². The third-order valence-corrected chi connectivity index (χ3v) is 3.18. The molecule has 0 aliphatic carbocycles. The first-order valence-corrected chi connectivity index (χ1v) is 6.07. The summed E-state index contributed by atoms with van der Waals surface area (Å²) in [5.74, 6) is 1.51. The highest BCUT2D eigenvalue weighted by Crippen LogP contribution is 2.14. The molecule has 4 nitrogen and oxygen atoms in total. The maximum Gasteiger partial charge on any atom is 0.181 e. The topological polar surface area (TPSA) is 42.7 Å². The Labute approximate surface area is 101 Å². The third-order valence-electron chi connectivity index (χ3n) is 3.18. The molecule has 1 aromatic heterocycles. The molecule has 2 aromatic rings. The molecule has 0 spiro atoms. The molecule has 0 bridgehead atoms. The minimum atomic E-state index is 0.695. The van der Waals surface area contributed by atoms with Crippen LogP contribution in [0.2, 0.25) is 0 Å². The Morgan fingerprint density at radius 1 is 1.29 bits per heavy atom. The summed E-state index contributed by atoms with van der Waals surface area (Å²) in [7, 11) is 0. The van der Waals surface area contributed by atoms with Crippen LogP contribution in [0.1, 0.15) is 6.42 Å². The quantitative estimate of drug-likeness (QED) is 0.866. The fraction of sp³-hybridized carbons (Fsp3) is 0.385. The van der Waals surface area contributed by atoms with E-state index in [1.807, 2.05) is 41.3 Å². The normalized spacial score (nSPS) is 19.6. The van der Waals surface area contributed by atoms with Crippen molar-refractivity contribution in [1.82, 2.24) is 20.1 Å². The van der Waals surface area contributed by atoms with Gasteiger partial charge < -0.3 is 5.32 Å². The van der Waals surface area contributed by atoms with Gasteiger partial charge in [-0.15, -0.1) is 0 Å². The fourth-order valence-corrected chi connectivity index (χ4v) is 2.24. The van der Waals surface area contributed by atoms with E-state index < -0.39 is 0 Å². The second-order valence-electron chi connectivity index (χ2n) is 4.52. The summed E-state index contributed by atoms with van der Waals surface area (Å²) in [4.78, 5) is 4.36. The average Bonchev–Trinajstić information content (AvgIpc) is 3.02. The van der Waals surface area contributed by atoms with E-state index in [0.717, 1.165) is 31.0 Å². The van der Waals surface area contributed by atoms with Crippen molar-refractivity contribution in [3.05, 3.63) is 36.7 Å². The first-order valence-electron chi connectivity index (χ1n) is 6.07. The molecule has 2 heterocycles. The zero-order valence-electron chi connectivity index (χ0n) is 9.71. The van der Waals surface area contributed by atoms with Crippen LogP contribution in [0.5, 0.6) is 0 Å². The molecule has 1 aliphatic heterocycles. The molecule has 4 heteroatoms. The van der Waals surface area contributed by atoms with Crippen LogP contribution in [0.4, 0.5) is 0 Å². The van der Waals surface area contributed by atoms with E-state index in [1.165, 1.54) is 6.42 Å². The highest BCUT2D eigenvalue weighted by atomic mass is 15.3. The zero-order valence-corrected chi connectivity index (χ0v) is 9.71. The summed E-state index contributed by atoms with van der Waals surface area (Å²) in [5.41, 5.74) is 1.08. The summed E-state index contributed by atoms with van der Waals surface area (Å²) in [5, 5.41) is 7.89. The molecule has 1 aliphatic rings. The van der Waals surface area contributed by atoms with Crippen molar-refractivity contribution in [2.75, 3.05) is 13.1 Å². The lowest BCUT2D eigenvalue weighted by Crippen LogP contribution is -2.14. The van der Waals surface area contributed by atoms with Crippen LogP contribution in [0.25, 0.3) is 11.4 Å². The van der Waals surface area contributed by atoms with Gasteiger partial charge in [-0.2, -0.15) is 5.10 Å². The number of nitrogens with one attached hydrogen (secondary N) is 1. The van der Waals surface area contributed by atoms with Crippen LogP contribution in [0.15, 0.2) is 36.7 Å². The van der Waals surface area contributed by atoms with Crippen LogP contribution in [0, 0.1) is 5.92 Å². The average molecular weight is 228 g/mol. The van der Waals surface area contributed by atoms with E-state index in [0.29, 0.717) is 5.92 Å². The third kappa shape index (κ3) is 2.36. The van der Waals surface area contributed by atoms with Crippen molar-refractivity contribution in [3.8, 4) is 11.4 Å². The molecule has 0 saturated carbocycles.